The number of fused-ring (bicyclic) bond motifs is 2. The summed E-state index contributed by atoms with van der Waals surface area (Å²) >= 11 is 3.12. The van der Waals surface area contributed by atoms with Crippen LogP contribution in [0.15, 0.2) is 41.8 Å². The van der Waals surface area contributed by atoms with Crippen molar-refractivity contribution in [1.29, 1.82) is 0 Å². The lowest BCUT2D eigenvalue weighted by molar-refractivity contribution is 0.103. The van der Waals surface area contributed by atoms with Gasteiger partial charge in [-0.3, -0.25) is 4.79 Å². The first-order valence-corrected chi connectivity index (χ1v) is 12.0. The number of thiophene rings is 2. The topological polar surface area (TPSA) is 68.0 Å². The predicted octanol–water partition coefficient (Wildman–Crippen LogP) is 6.30. The lowest BCUT2D eigenvalue weighted by Gasteiger charge is -2.19. The Morgan fingerprint density at radius 2 is 2.00 bits per heavy atom. The van der Waals surface area contributed by atoms with Gasteiger partial charge in [0.2, 0.25) is 0 Å². The Morgan fingerprint density at radius 3 is 2.80 bits per heavy atom. The zero-order valence-corrected chi connectivity index (χ0v) is 18.5. The van der Waals surface area contributed by atoms with Crippen LogP contribution in [-0.2, 0) is 19.3 Å². The summed E-state index contributed by atoms with van der Waals surface area (Å²) < 4.78 is 0. The molecule has 152 valence electrons. The van der Waals surface area contributed by atoms with Crippen LogP contribution in [0.5, 0.6) is 0 Å². The maximum absolute atomic E-state index is 13.2. The highest BCUT2D eigenvalue weighted by molar-refractivity contribution is 7.21. The predicted molar refractivity (Wildman–Crippen MR) is 128 cm³/mol. The van der Waals surface area contributed by atoms with Crippen LogP contribution in [-0.4, -0.2) is 10.9 Å². The third-order valence-electron chi connectivity index (χ3n) is 5.77. The summed E-state index contributed by atoms with van der Waals surface area (Å²) in [5.41, 5.74) is 12.8. The molecule has 3 heterocycles. The number of aryl methyl sites for hydroxylation is 2. The van der Waals surface area contributed by atoms with Gasteiger partial charge in [0, 0.05) is 27.2 Å². The number of nitrogens with one attached hydrogen (secondary N) is 1. The number of benzene rings is 1. The largest absolute Gasteiger partial charge is 0.397 e. The van der Waals surface area contributed by atoms with E-state index in [0.717, 1.165) is 47.2 Å². The molecule has 4 nitrogen and oxygen atoms in total. The van der Waals surface area contributed by atoms with Gasteiger partial charge in [0.15, 0.2) is 0 Å². The van der Waals surface area contributed by atoms with E-state index < -0.39 is 0 Å². The van der Waals surface area contributed by atoms with Gasteiger partial charge >= 0.3 is 0 Å². The molecular weight excluding hydrogens is 410 g/mol. The van der Waals surface area contributed by atoms with Crippen molar-refractivity contribution in [2.24, 2.45) is 0 Å². The smallest absolute Gasteiger partial charge is 0.267 e. The Morgan fingerprint density at radius 1 is 1.17 bits per heavy atom. The van der Waals surface area contributed by atoms with Crippen LogP contribution < -0.4 is 11.1 Å². The zero-order valence-electron chi connectivity index (χ0n) is 16.8. The number of carbonyl (C=O) groups is 1. The highest BCUT2D eigenvalue weighted by Crippen LogP contribution is 2.45. The van der Waals surface area contributed by atoms with Crippen LogP contribution in [0.25, 0.3) is 20.7 Å². The molecule has 0 aliphatic heterocycles. The number of nitrogen functional groups attached to an aromatic ring is 1. The number of nitrogens with zero attached hydrogens (tertiary/aromatic N) is 1. The number of para-hydroxylation sites is 1. The van der Waals surface area contributed by atoms with Gasteiger partial charge in [0.05, 0.1) is 5.69 Å². The number of anilines is 2. The second-order valence-electron chi connectivity index (χ2n) is 7.59. The summed E-state index contributed by atoms with van der Waals surface area (Å²) in [4.78, 5) is 20.8. The minimum absolute atomic E-state index is 0.161. The molecule has 3 aromatic heterocycles. The quantitative estimate of drug-likeness (QED) is 0.397. The summed E-state index contributed by atoms with van der Waals surface area (Å²) in [7, 11) is 0. The van der Waals surface area contributed by atoms with Crippen molar-refractivity contribution in [3.63, 3.8) is 0 Å². The normalized spacial score (nSPS) is 13.4. The SMILES string of the molecule is CCc1ccccc1NC(=O)c1sc2nc3c(c(-c4cccs4)c2c1N)CCCC3. The Labute approximate surface area is 183 Å². The molecule has 1 aliphatic carbocycles. The van der Waals surface area contributed by atoms with E-state index in [4.69, 9.17) is 10.7 Å². The molecule has 3 N–H and O–H groups in total. The highest BCUT2D eigenvalue weighted by atomic mass is 32.1. The average molecular weight is 434 g/mol. The molecule has 0 radical (unpaired) electrons. The molecule has 0 atom stereocenters. The van der Waals surface area contributed by atoms with E-state index in [1.165, 1.54) is 39.5 Å². The molecule has 1 amide bonds. The number of carbonyl (C=O) groups excluding carboxylic acids is 1. The van der Waals surface area contributed by atoms with Crippen molar-refractivity contribution in [3.8, 4) is 10.4 Å². The van der Waals surface area contributed by atoms with E-state index in [9.17, 15) is 4.79 Å². The number of hydrogen-bond donors (Lipinski definition) is 2. The molecule has 30 heavy (non-hydrogen) atoms. The van der Waals surface area contributed by atoms with Crippen LogP contribution in [0.1, 0.15) is 46.3 Å². The fraction of sp³-hybridized carbons (Fsp3) is 0.250. The van der Waals surface area contributed by atoms with Gasteiger partial charge in [-0.1, -0.05) is 31.2 Å². The minimum atomic E-state index is -0.161. The van der Waals surface area contributed by atoms with E-state index in [2.05, 4.69) is 29.8 Å². The molecule has 0 fully saturated rings. The molecule has 0 saturated carbocycles. The van der Waals surface area contributed by atoms with E-state index in [1.54, 1.807) is 11.3 Å². The standard InChI is InChI=1S/C24H23N3OS2/c1-2-14-8-3-5-10-16(14)26-23(28)22-21(25)20-19(18-12-7-13-29-18)15-9-4-6-11-17(15)27-24(20)30-22/h3,5,7-8,10,12-13H,2,4,6,9,11,25H2,1H3,(H,26,28). The van der Waals surface area contributed by atoms with Crippen molar-refractivity contribution < 1.29 is 4.79 Å². The maximum Gasteiger partial charge on any atom is 0.267 e. The van der Waals surface area contributed by atoms with Crippen LogP contribution in [0.2, 0.25) is 0 Å². The Balaban J connectivity index is 1.65. The Bertz CT molecular complexity index is 1240. The van der Waals surface area contributed by atoms with Gasteiger partial charge in [-0.25, -0.2) is 4.98 Å². The van der Waals surface area contributed by atoms with Crippen molar-refractivity contribution in [2.75, 3.05) is 11.1 Å². The monoisotopic (exact) mass is 433 g/mol. The zero-order chi connectivity index (χ0) is 20.7. The van der Waals surface area contributed by atoms with E-state index in [-0.39, 0.29) is 5.91 Å². The summed E-state index contributed by atoms with van der Waals surface area (Å²) in [6, 6.07) is 12.1. The number of hydrogen-bond acceptors (Lipinski definition) is 5. The van der Waals surface area contributed by atoms with Gasteiger partial charge in [-0.15, -0.1) is 22.7 Å². The second kappa shape index (κ2) is 7.85. The van der Waals surface area contributed by atoms with Crippen molar-refractivity contribution >= 4 is 50.2 Å². The van der Waals surface area contributed by atoms with Crippen LogP contribution in [0.3, 0.4) is 0 Å². The van der Waals surface area contributed by atoms with Crippen molar-refractivity contribution in [3.05, 3.63) is 63.5 Å². The van der Waals surface area contributed by atoms with Crippen molar-refractivity contribution in [1.82, 2.24) is 4.98 Å². The van der Waals surface area contributed by atoms with Crippen molar-refractivity contribution in [2.45, 2.75) is 39.0 Å². The van der Waals surface area contributed by atoms with Gasteiger partial charge in [0.25, 0.3) is 5.91 Å². The summed E-state index contributed by atoms with van der Waals surface area (Å²) in [5.74, 6) is -0.161. The lowest BCUT2D eigenvalue weighted by Crippen LogP contribution is -2.13. The molecule has 0 saturated heterocycles. The van der Waals surface area contributed by atoms with Gasteiger partial charge < -0.3 is 11.1 Å². The van der Waals surface area contributed by atoms with Gasteiger partial charge in [0.1, 0.15) is 9.71 Å². The molecule has 4 aromatic rings. The van der Waals surface area contributed by atoms with Crippen LogP contribution in [0, 0.1) is 0 Å². The van der Waals surface area contributed by atoms with E-state index >= 15 is 0 Å². The highest BCUT2D eigenvalue weighted by Gasteiger charge is 2.26. The molecule has 1 aromatic carbocycles. The number of rotatable bonds is 4. The van der Waals surface area contributed by atoms with Crippen LogP contribution >= 0.6 is 22.7 Å². The molecule has 0 unspecified atom stereocenters. The Kier molecular flexibility index (Phi) is 5.05. The fourth-order valence-electron chi connectivity index (χ4n) is 4.30. The fourth-order valence-corrected chi connectivity index (χ4v) is 6.12. The molecular formula is C24H23N3OS2. The number of pyridine rings is 1. The number of nitrogens with two attached hydrogens (primary N) is 1. The molecule has 6 heteroatoms. The first kappa shape index (κ1) is 19.3. The minimum Gasteiger partial charge on any atom is -0.397 e. The van der Waals surface area contributed by atoms with Crippen LogP contribution in [0.4, 0.5) is 11.4 Å². The average Bonchev–Trinajstić information content (AvgIpc) is 3.41. The summed E-state index contributed by atoms with van der Waals surface area (Å²) in [5, 5.41) is 6.10. The first-order chi connectivity index (χ1) is 14.7. The molecule has 0 spiro atoms. The van der Waals surface area contributed by atoms with Gasteiger partial charge in [-0.2, -0.15) is 0 Å². The second-order valence-corrected chi connectivity index (χ2v) is 9.53. The third kappa shape index (κ3) is 3.20. The van der Waals surface area contributed by atoms with E-state index in [1.807, 2.05) is 24.3 Å². The summed E-state index contributed by atoms with van der Waals surface area (Å²) in [6.45, 7) is 2.08. The molecule has 1 aliphatic rings. The Hall–Kier alpha value is -2.70. The summed E-state index contributed by atoms with van der Waals surface area (Å²) in [6.07, 6.45) is 5.20. The molecule has 0 bridgehead atoms. The maximum atomic E-state index is 13.2. The molecule has 5 rings (SSSR count). The number of amides is 1. The first-order valence-electron chi connectivity index (χ1n) is 10.3. The van der Waals surface area contributed by atoms with E-state index in [0.29, 0.717) is 10.6 Å². The van der Waals surface area contributed by atoms with Gasteiger partial charge in [-0.05, 0) is 60.7 Å². The lowest BCUT2D eigenvalue weighted by atomic mass is 9.90. The number of aromatic nitrogens is 1. The third-order valence-corrected chi connectivity index (χ3v) is 7.76.